The van der Waals surface area contributed by atoms with E-state index in [1.54, 1.807) is 0 Å². The fourth-order valence-electron chi connectivity index (χ4n) is 2.16. The van der Waals surface area contributed by atoms with Gasteiger partial charge in [0.1, 0.15) is 0 Å². The lowest BCUT2D eigenvalue weighted by Gasteiger charge is -2.10. The zero-order valence-corrected chi connectivity index (χ0v) is 13.7. The first-order chi connectivity index (χ1) is 10.7. The number of esters is 1. The number of nitrogens with zero attached hydrogens (tertiary/aromatic N) is 1. The van der Waals surface area contributed by atoms with Gasteiger partial charge in [-0.3, -0.25) is 9.78 Å². The highest BCUT2D eigenvalue weighted by molar-refractivity contribution is 5.66. The molecule has 3 nitrogen and oxygen atoms in total. The second kappa shape index (κ2) is 11.7. The van der Waals surface area contributed by atoms with Gasteiger partial charge in [-0.1, -0.05) is 30.4 Å². The largest absolute Gasteiger partial charge is 0.463 e. The standard InChI is InChI=1S/C19H27NO2/c1-17(22-18(2)21)13-9-7-5-3-4-6-8-10-14-19-15-11-12-16-20-19/h3-6,11-12,15-17H,7-10,13-14H2,1-2H3. The topological polar surface area (TPSA) is 39.2 Å². The Bertz CT molecular complexity index is 466. The van der Waals surface area contributed by atoms with Crippen LogP contribution in [0.5, 0.6) is 0 Å². The molecule has 3 heteroatoms. The van der Waals surface area contributed by atoms with Crippen molar-refractivity contribution in [2.24, 2.45) is 0 Å². The predicted molar refractivity (Wildman–Crippen MR) is 90.5 cm³/mol. The lowest BCUT2D eigenvalue weighted by Crippen LogP contribution is -2.11. The average molecular weight is 301 g/mol. The lowest BCUT2D eigenvalue weighted by molar-refractivity contribution is -0.145. The molecule has 0 spiro atoms. The minimum absolute atomic E-state index is 0.0213. The van der Waals surface area contributed by atoms with Crippen LogP contribution in [0.15, 0.2) is 48.7 Å². The van der Waals surface area contributed by atoms with Crippen molar-refractivity contribution in [3.05, 3.63) is 54.4 Å². The summed E-state index contributed by atoms with van der Waals surface area (Å²) in [5.41, 5.74) is 1.16. The fraction of sp³-hybridized carbons (Fsp3) is 0.474. The highest BCUT2D eigenvalue weighted by Crippen LogP contribution is 2.06. The Morgan fingerprint density at radius 3 is 2.59 bits per heavy atom. The van der Waals surface area contributed by atoms with E-state index in [-0.39, 0.29) is 12.1 Å². The summed E-state index contributed by atoms with van der Waals surface area (Å²) in [5.74, 6) is -0.198. The summed E-state index contributed by atoms with van der Waals surface area (Å²) in [7, 11) is 0. The van der Waals surface area contributed by atoms with Crippen molar-refractivity contribution >= 4 is 5.97 Å². The minimum atomic E-state index is -0.198. The Morgan fingerprint density at radius 1 is 1.23 bits per heavy atom. The van der Waals surface area contributed by atoms with Crippen LogP contribution in [0, 0.1) is 0 Å². The molecule has 0 fully saturated rings. The molecule has 22 heavy (non-hydrogen) atoms. The van der Waals surface area contributed by atoms with Crippen molar-refractivity contribution in [2.75, 3.05) is 0 Å². The number of pyridine rings is 1. The number of hydrogen-bond acceptors (Lipinski definition) is 3. The van der Waals surface area contributed by atoms with Gasteiger partial charge in [0.25, 0.3) is 0 Å². The molecular weight excluding hydrogens is 274 g/mol. The van der Waals surface area contributed by atoms with Crippen molar-refractivity contribution in [3.8, 4) is 0 Å². The van der Waals surface area contributed by atoms with Crippen LogP contribution in [0.2, 0.25) is 0 Å². The van der Waals surface area contributed by atoms with Gasteiger partial charge >= 0.3 is 5.97 Å². The summed E-state index contributed by atoms with van der Waals surface area (Å²) in [6.45, 7) is 3.39. The zero-order chi connectivity index (χ0) is 16.0. The maximum Gasteiger partial charge on any atom is 0.302 e. The van der Waals surface area contributed by atoms with E-state index in [1.165, 1.54) is 6.92 Å². The Hall–Kier alpha value is -1.90. The molecule has 1 heterocycles. The van der Waals surface area contributed by atoms with E-state index in [1.807, 2.05) is 25.3 Å². The van der Waals surface area contributed by atoms with Crippen LogP contribution in [-0.4, -0.2) is 17.1 Å². The number of carbonyl (C=O) groups excluding carboxylic acids is 1. The second-order valence-corrected chi connectivity index (χ2v) is 5.42. The van der Waals surface area contributed by atoms with E-state index in [0.29, 0.717) is 0 Å². The number of hydrogen-bond donors (Lipinski definition) is 0. The number of aromatic nitrogens is 1. The van der Waals surface area contributed by atoms with Crippen LogP contribution in [-0.2, 0) is 16.0 Å². The first-order valence-corrected chi connectivity index (χ1v) is 8.07. The molecule has 0 aliphatic rings. The molecule has 120 valence electrons. The number of rotatable bonds is 10. The van der Waals surface area contributed by atoms with Crippen molar-refractivity contribution in [2.45, 2.75) is 58.5 Å². The summed E-state index contributed by atoms with van der Waals surface area (Å²) in [5, 5.41) is 0. The SMILES string of the molecule is CC(=O)OC(C)CCCC=CC=CCCCc1ccccn1. The smallest absolute Gasteiger partial charge is 0.302 e. The Balaban J connectivity index is 2.00. The van der Waals surface area contributed by atoms with Gasteiger partial charge in [0, 0.05) is 18.8 Å². The van der Waals surface area contributed by atoms with E-state index in [9.17, 15) is 4.79 Å². The summed E-state index contributed by atoms with van der Waals surface area (Å²) < 4.78 is 5.08. The van der Waals surface area contributed by atoms with Gasteiger partial charge < -0.3 is 4.74 Å². The molecule has 0 radical (unpaired) electrons. The lowest BCUT2D eigenvalue weighted by atomic mass is 10.1. The minimum Gasteiger partial charge on any atom is -0.463 e. The van der Waals surface area contributed by atoms with Crippen LogP contribution in [0.4, 0.5) is 0 Å². The highest BCUT2D eigenvalue weighted by Gasteiger charge is 2.03. The molecule has 0 N–H and O–H groups in total. The fourth-order valence-corrected chi connectivity index (χ4v) is 2.16. The molecule has 1 atom stereocenters. The molecule has 0 bridgehead atoms. The molecule has 1 aromatic rings. The first kappa shape index (κ1) is 18.1. The van der Waals surface area contributed by atoms with Crippen molar-refractivity contribution in [1.82, 2.24) is 4.98 Å². The van der Waals surface area contributed by atoms with E-state index in [4.69, 9.17) is 4.74 Å². The van der Waals surface area contributed by atoms with Gasteiger partial charge in [0.15, 0.2) is 0 Å². The van der Waals surface area contributed by atoms with Crippen molar-refractivity contribution in [3.63, 3.8) is 0 Å². The van der Waals surface area contributed by atoms with Crippen molar-refractivity contribution in [1.29, 1.82) is 0 Å². The predicted octanol–water partition coefficient (Wildman–Crippen LogP) is 4.64. The molecule has 1 unspecified atom stereocenters. The quantitative estimate of drug-likeness (QED) is 0.359. The first-order valence-electron chi connectivity index (χ1n) is 8.07. The molecule has 0 aromatic carbocycles. The van der Waals surface area contributed by atoms with Crippen LogP contribution >= 0.6 is 0 Å². The molecule has 0 saturated heterocycles. The van der Waals surface area contributed by atoms with Crippen LogP contribution in [0.25, 0.3) is 0 Å². The zero-order valence-electron chi connectivity index (χ0n) is 13.7. The normalized spacial score (nSPS) is 12.8. The number of ether oxygens (including phenoxy) is 1. The van der Waals surface area contributed by atoms with E-state index < -0.39 is 0 Å². The van der Waals surface area contributed by atoms with Gasteiger partial charge in [-0.25, -0.2) is 0 Å². The molecule has 1 aromatic heterocycles. The van der Waals surface area contributed by atoms with Crippen molar-refractivity contribution < 1.29 is 9.53 Å². The number of unbranched alkanes of at least 4 members (excludes halogenated alkanes) is 2. The van der Waals surface area contributed by atoms with Gasteiger partial charge in [-0.2, -0.15) is 0 Å². The van der Waals surface area contributed by atoms with E-state index in [2.05, 4.69) is 35.4 Å². The number of allylic oxidation sites excluding steroid dienone is 4. The summed E-state index contributed by atoms with van der Waals surface area (Å²) >= 11 is 0. The maximum absolute atomic E-state index is 10.8. The van der Waals surface area contributed by atoms with Gasteiger partial charge in [0.05, 0.1) is 6.10 Å². The average Bonchev–Trinajstić information content (AvgIpc) is 2.49. The molecule has 0 aliphatic carbocycles. The third-order valence-electron chi connectivity index (χ3n) is 3.26. The van der Waals surface area contributed by atoms with E-state index in [0.717, 1.165) is 44.2 Å². The Morgan fingerprint density at radius 2 is 1.95 bits per heavy atom. The molecule has 1 rings (SSSR count). The van der Waals surface area contributed by atoms with Gasteiger partial charge in [0.2, 0.25) is 0 Å². The summed E-state index contributed by atoms with van der Waals surface area (Å²) in [4.78, 5) is 15.1. The Kier molecular flexibility index (Phi) is 9.67. The Labute approximate surface area is 134 Å². The third-order valence-corrected chi connectivity index (χ3v) is 3.26. The van der Waals surface area contributed by atoms with Crippen LogP contribution in [0.1, 0.15) is 51.6 Å². The summed E-state index contributed by atoms with van der Waals surface area (Å²) in [6, 6.07) is 6.05. The monoisotopic (exact) mass is 301 g/mol. The second-order valence-electron chi connectivity index (χ2n) is 5.42. The molecule has 0 saturated carbocycles. The van der Waals surface area contributed by atoms with Crippen LogP contribution in [0.3, 0.4) is 0 Å². The van der Waals surface area contributed by atoms with Crippen LogP contribution < -0.4 is 0 Å². The van der Waals surface area contributed by atoms with Gasteiger partial charge in [-0.15, -0.1) is 0 Å². The molecule has 0 aliphatic heterocycles. The van der Waals surface area contributed by atoms with E-state index >= 15 is 0 Å². The number of aryl methyl sites for hydroxylation is 1. The van der Waals surface area contributed by atoms with Gasteiger partial charge in [-0.05, 0) is 57.6 Å². The summed E-state index contributed by atoms with van der Waals surface area (Å²) in [6.07, 6.45) is 16.6. The maximum atomic E-state index is 10.8. The third kappa shape index (κ3) is 9.92. The highest BCUT2D eigenvalue weighted by atomic mass is 16.5. The molecule has 0 amide bonds. The molecular formula is C19H27NO2. The number of carbonyl (C=O) groups is 1.